The summed E-state index contributed by atoms with van der Waals surface area (Å²) in [5, 5.41) is 0.732. The lowest BCUT2D eigenvalue weighted by Gasteiger charge is -2.12. The summed E-state index contributed by atoms with van der Waals surface area (Å²) in [6.45, 7) is 4.48. The predicted molar refractivity (Wildman–Crippen MR) is 62.8 cm³/mol. The first-order valence-corrected chi connectivity index (χ1v) is 6.15. The summed E-state index contributed by atoms with van der Waals surface area (Å²) < 4.78 is 0. The lowest BCUT2D eigenvalue weighted by atomic mass is 10.1. The summed E-state index contributed by atoms with van der Waals surface area (Å²) in [6, 6.07) is 0. The van der Waals surface area contributed by atoms with Crippen molar-refractivity contribution in [3.63, 3.8) is 0 Å². The first-order chi connectivity index (χ1) is 6.20. The maximum absolute atomic E-state index is 5.51. The van der Waals surface area contributed by atoms with E-state index in [0.717, 1.165) is 36.8 Å². The molecule has 0 aliphatic carbocycles. The van der Waals surface area contributed by atoms with E-state index in [2.05, 4.69) is 12.8 Å². The van der Waals surface area contributed by atoms with Gasteiger partial charge in [-0.3, -0.25) is 0 Å². The van der Waals surface area contributed by atoms with Gasteiger partial charge in [0, 0.05) is 10.9 Å². The molecule has 0 aromatic heterocycles. The van der Waals surface area contributed by atoms with E-state index < -0.39 is 0 Å². The van der Waals surface area contributed by atoms with Crippen LogP contribution < -0.4 is 11.5 Å². The number of unbranched alkanes of at least 4 members (excludes halogenated alkanes) is 1. The second-order valence-corrected chi connectivity index (χ2v) is 4.48. The molecule has 0 radical (unpaired) electrons. The van der Waals surface area contributed by atoms with Crippen molar-refractivity contribution in [2.24, 2.45) is 11.5 Å². The summed E-state index contributed by atoms with van der Waals surface area (Å²) in [5.41, 5.74) is 11.8. The Kier molecular flexibility index (Phi) is 8.35. The van der Waals surface area contributed by atoms with E-state index in [1.54, 1.807) is 0 Å². The van der Waals surface area contributed by atoms with Crippen molar-refractivity contribution in [1.82, 2.24) is 0 Å². The minimum absolute atomic E-state index is 0.732. The van der Waals surface area contributed by atoms with Gasteiger partial charge in [-0.1, -0.05) is 13.0 Å². The lowest BCUT2D eigenvalue weighted by molar-refractivity contribution is 0.629. The van der Waals surface area contributed by atoms with Crippen molar-refractivity contribution in [1.29, 1.82) is 0 Å². The molecule has 1 atom stereocenters. The highest BCUT2D eigenvalue weighted by atomic mass is 32.2. The lowest BCUT2D eigenvalue weighted by Crippen LogP contribution is -2.10. The molecule has 0 rings (SSSR count). The van der Waals surface area contributed by atoms with Crippen LogP contribution in [-0.2, 0) is 0 Å². The zero-order chi connectivity index (χ0) is 10.1. The molecule has 0 bridgehead atoms. The van der Waals surface area contributed by atoms with Crippen LogP contribution in [0.5, 0.6) is 0 Å². The third-order valence-electron chi connectivity index (χ3n) is 2.10. The molecule has 0 aliphatic rings. The second-order valence-electron chi connectivity index (χ2n) is 3.34. The molecule has 0 spiro atoms. The molecular weight excluding hydrogens is 180 g/mol. The van der Waals surface area contributed by atoms with Crippen LogP contribution in [0, 0.1) is 0 Å². The molecule has 0 saturated carbocycles. The number of thioether (sulfide) groups is 1. The van der Waals surface area contributed by atoms with Crippen LogP contribution in [-0.4, -0.2) is 18.1 Å². The monoisotopic (exact) mass is 202 g/mol. The average molecular weight is 202 g/mol. The summed E-state index contributed by atoms with van der Waals surface area (Å²) >= 11 is 1.92. The normalized spacial score (nSPS) is 12.8. The molecule has 0 fully saturated rings. The molecule has 1 unspecified atom stereocenters. The first-order valence-electron chi connectivity index (χ1n) is 4.86. The quantitative estimate of drug-likeness (QED) is 0.593. The van der Waals surface area contributed by atoms with Crippen molar-refractivity contribution in [2.45, 2.75) is 37.4 Å². The van der Waals surface area contributed by atoms with Crippen LogP contribution in [0.25, 0.3) is 0 Å². The zero-order valence-corrected chi connectivity index (χ0v) is 9.41. The Balaban J connectivity index is 3.32. The molecule has 3 heteroatoms. The number of nitrogens with two attached hydrogens (primary N) is 2. The minimum atomic E-state index is 0.732. The summed E-state index contributed by atoms with van der Waals surface area (Å²) in [6.07, 6.45) is 7.90. The first kappa shape index (κ1) is 12.8. The number of allylic oxidation sites excluding steroid dienone is 1. The Morgan fingerprint density at radius 3 is 2.54 bits per heavy atom. The molecule has 13 heavy (non-hydrogen) atoms. The van der Waals surface area contributed by atoms with Crippen LogP contribution >= 0.6 is 11.8 Å². The van der Waals surface area contributed by atoms with Gasteiger partial charge in [-0.25, -0.2) is 0 Å². The van der Waals surface area contributed by atoms with Crippen molar-refractivity contribution in [2.75, 3.05) is 12.8 Å². The van der Waals surface area contributed by atoms with Gasteiger partial charge in [-0.2, -0.15) is 11.8 Å². The number of hydrogen-bond donors (Lipinski definition) is 2. The van der Waals surface area contributed by atoms with Crippen LogP contribution in [0.4, 0.5) is 0 Å². The molecule has 2 nitrogen and oxygen atoms in total. The van der Waals surface area contributed by atoms with E-state index in [1.807, 2.05) is 11.8 Å². The van der Waals surface area contributed by atoms with Crippen molar-refractivity contribution < 1.29 is 0 Å². The van der Waals surface area contributed by atoms with E-state index in [1.165, 1.54) is 12.8 Å². The van der Waals surface area contributed by atoms with Crippen molar-refractivity contribution in [3.8, 4) is 0 Å². The SMILES string of the molecule is C=C(N)CCCCC(CCN)SC. The second kappa shape index (κ2) is 8.45. The Morgan fingerprint density at radius 2 is 2.08 bits per heavy atom. The summed E-state index contributed by atoms with van der Waals surface area (Å²) in [5.74, 6) is 0. The highest BCUT2D eigenvalue weighted by Gasteiger charge is 2.04. The van der Waals surface area contributed by atoms with E-state index in [0.29, 0.717) is 0 Å². The van der Waals surface area contributed by atoms with Gasteiger partial charge in [-0.15, -0.1) is 0 Å². The molecule has 0 saturated heterocycles. The minimum Gasteiger partial charge on any atom is -0.403 e. The average Bonchev–Trinajstić information content (AvgIpc) is 2.10. The molecule has 0 aliphatic heterocycles. The van der Waals surface area contributed by atoms with Gasteiger partial charge in [0.1, 0.15) is 0 Å². The van der Waals surface area contributed by atoms with Gasteiger partial charge in [-0.05, 0) is 38.5 Å². The highest BCUT2D eigenvalue weighted by Crippen LogP contribution is 2.18. The fourth-order valence-corrected chi connectivity index (χ4v) is 2.06. The highest BCUT2D eigenvalue weighted by molar-refractivity contribution is 7.99. The molecular formula is C10H22N2S. The van der Waals surface area contributed by atoms with E-state index in [9.17, 15) is 0 Å². The zero-order valence-electron chi connectivity index (χ0n) is 8.59. The molecule has 78 valence electrons. The standard InChI is InChI=1S/C10H22N2S/c1-9(12)5-3-4-6-10(13-2)7-8-11/h10H,1,3-8,11-12H2,2H3. The fourth-order valence-electron chi connectivity index (χ4n) is 1.29. The molecule has 0 amide bonds. The molecule has 0 aromatic carbocycles. The van der Waals surface area contributed by atoms with Gasteiger partial charge in [0.2, 0.25) is 0 Å². The van der Waals surface area contributed by atoms with Crippen LogP contribution in [0.1, 0.15) is 32.1 Å². The molecule has 4 N–H and O–H groups in total. The Bertz CT molecular complexity index is 137. The van der Waals surface area contributed by atoms with Crippen LogP contribution in [0.3, 0.4) is 0 Å². The van der Waals surface area contributed by atoms with E-state index >= 15 is 0 Å². The van der Waals surface area contributed by atoms with Gasteiger partial charge >= 0.3 is 0 Å². The Hall–Kier alpha value is -0.150. The fraction of sp³-hybridized carbons (Fsp3) is 0.800. The molecule has 0 aromatic rings. The van der Waals surface area contributed by atoms with Crippen molar-refractivity contribution >= 4 is 11.8 Å². The Labute approximate surface area is 86.1 Å². The van der Waals surface area contributed by atoms with E-state index in [4.69, 9.17) is 11.5 Å². The maximum Gasteiger partial charge on any atom is 0.00562 e. The molecule has 0 heterocycles. The number of rotatable bonds is 8. The van der Waals surface area contributed by atoms with Gasteiger partial charge < -0.3 is 11.5 Å². The third kappa shape index (κ3) is 8.19. The van der Waals surface area contributed by atoms with Gasteiger partial charge in [0.25, 0.3) is 0 Å². The number of hydrogen-bond acceptors (Lipinski definition) is 3. The predicted octanol–water partition coefficient (Wildman–Crippen LogP) is 2.10. The van der Waals surface area contributed by atoms with Crippen LogP contribution in [0.2, 0.25) is 0 Å². The maximum atomic E-state index is 5.51. The third-order valence-corrected chi connectivity index (χ3v) is 3.23. The Morgan fingerprint density at radius 1 is 1.38 bits per heavy atom. The van der Waals surface area contributed by atoms with Crippen molar-refractivity contribution in [3.05, 3.63) is 12.3 Å². The smallest absolute Gasteiger partial charge is 0.00562 e. The summed E-state index contributed by atoms with van der Waals surface area (Å²) in [4.78, 5) is 0. The largest absolute Gasteiger partial charge is 0.403 e. The topological polar surface area (TPSA) is 52.0 Å². The van der Waals surface area contributed by atoms with E-state index in [-0.39, 0.29) is 0 Å². The van der Waals surface area contributed by atoms with Gasteiger partial charge in [0.05, 0.1) is 0 Å². The van der Waals surface area contributed by atoms with Crippen LogP contribution in [0.15, 0.2) is 12.3 Å². The van der Waals surface area contributed by atoms with Gasteiger partial charge in [0.15, 0.2) is 0 Å². The summed E-state index contributed by atoms with van der Waals surface area (Å²) in [7, 11) is 0.